The maximum absolute atomic E-state index is 12.4. The van der Waals surface area contributed by atoms with Crippen molar-refractivity contribution in [2.45, 2.75) is 38.7 Å². The van der Waals surface area contributed by atoms with Crippen LogP contribution in [0.2, 0.25) is 0 Å². The van der Waals surface area contributed by atoms with Crippen molar-refractivity contribution in [1.82, 2.24) is 29.8 Å². The Morgan fingerprint density at radius 3 is 2.54 bits per heavy atom. The predicted molar refractivity (Wildman–Crippen MR) is 130 cm³/mol. The van der Waals surface area contributed by atoms with Crippen LogP contribution < -0.4 is 10.1 Å². The standard InChI is InChI=1S/C25H26F3N7O2/c1-16-13-21(24-31-23(33-37-24)18-4-6-20(7-5-18)36-25(26,27)28)32-35(16)15-17-3-8-22(29-14-17)30-19-9-11-34(2)12-10-19/h3-8,13-14,19H,9-12,15H2,1-2H3,(H,29,30). The van der Waals surface area contributed by atoms with Crippen LogP contribution in [0.5, 0.6) is 5.75 Å². The van der Waals surface area contributed by atoms with E-state index in [0.29, 0.717) is 23.8 Å². The first-order valence-corrected chi connectivity index (χ1v) is 11.9. The molecule has 0 bridgehead atoms. The summed E-state index contributed by atoms with van der Waals surface area (Å²) in [7, 11) is 2.14. The van der Waals surface area contributed by atoms with E-state index in [1.54, 1.807) is 0 Å². The van der Waals surface area contributed by atoms with Gasteiger partial charge in [-0.1, -0.05) is 11.2 Å². The van der Waals surface area contributed by atoms with Gasteiger partial charge in [-0.2, -0.15) is 10.1 Å². The van der Waals surface area contributed by atoms with Crippen molar-refractivity contribution in [2.24, 2.45) is 0 Å². The van der Waals surface area contributed by atoms with Crippen LogP contribution in [0.3, 0.4) is 0 Å². The summed E-state index contributed by atoms with van der Waals surface area (Å²) in [5.74, 6) is 0.989. The number of benzene rings is 1. The summed E-state index contributed by atoms with van der Waals surface area (Å²) < 4.78 is 48.2. The number of likely N-dealkylation sites (tertiary alicyclic amines) is 1. The van der Waals surface area contributed by atoms with Crippen molar-refractivity contribution in [3.05, 3.63) is 59.9 Å². The maximum Gasteiger partial charge on any atom is 0.573 e. The lowest BCUT2D eigenvalue weighted by molar-refractivity contribution is -0.274. The molecular formula is C25H26F3N7O2. The van der Waals surface area contributed by atoms with Crippen LogP contribution in [0.4, 0.5) is 19.0 Å². The first-order chi connectivity index (χ1) is 17.7. The Morgan fingerprint density at radius 2 is 1.86 bits per heavy atom. The van der Waals surface area contributed by atoms with Crippen LogP contribution in [-0.2, 0) is 6.54 Å². The molecule has 0 saturated carbocycles. The number of hydrogen-bond acceptors (Lipinski definition) is 8. The number of halogens is 3. The van der Waals surface area contributed by atoms with Gasteiger partial charge < -0.3 is 19.5 Å². The number of hydrogen-bond donors (Lipinski definition) is 1. The third-order valence-electron chi connectivity index (χ3n) is 6.20. The average Bonchev–Trinajstić information content (AvgIpc) is 3.49. The molecule has 37 heavy (non-hydrogen) atoms. The predicted octanol–water partition coefficient (Wildman–Crippen LogP) is 4.76. The topological polar surface area (TPSA) is 94.1 Å². The van der Waals surface area contributed by atoms with E-state index in [4.69, 9.17) is 4.52 Å². The SMILES string of the molecule is Cc1cc(-c2nc(-c3ccc(OC(F)(F)F)cc3)no2)nn1Cc1ccc(NC2CCN(C)CC2)nc1. The lowest BCUT2D eigenvalue weighted by atomic mass is 10.1. The Bertz CT molecular complexity index is 1330. The van der Waals surface area contributed by atoms with E-state index in [1.807, 2.05) is 36.0 Å². The fourth-order valence-corrected chi connectivity index (χ4v) is 4.16. The molecular weight excluding hydrogens is 487 g/mol. The Balaban J connectivity index is 1.23. The Morgan fingerprint density at radius 1 is 1.11 bits per heavy atom. The number of piperidine rings is 1. The highest BCUT2D eigenvalue weighted by Crippen LogP contribution is 2.27. The zero-order valence-electron chi connectivity index (χ0n) is 20.4. The van der Waals surface area contributed by atoms with Crippen LogP contribution in [0.25, 0.3) is 23.0 Å². The van der Waals surface area contributed by atoms with E-state index in [0.717, 1.165) is 43.0 Å². The van der Waals surface area contributed by atoms with E-state index in [1.165, 1.54) is 24.3 Å². The summed E-state index contributed by atoms with van der Waals surface area (Å²) >= 11 is 0. The Labute approximate surface area is 211 Å². The molecule has 0 unspecified atom stereocenters. The number of nitrogens with zero attached hydrogens (tertiary/aromatic N) is 6. The molecule has 194 valence electrons. The smallest absolute Gasteiger partial charge is 0.406 e. The third kappa shape index (κ3) is 6.26. The summed E-state index contributed by atoms with van der Waals surface area (Å²) in [5, 5.41) is 12.0. The molecule has 0 radical (unpaired) electrons. The largest absolute Gasteiger partial charge is 0.573 e. The zero-order valence-corrected chi connectivity index (χ0v) is 20.4. The molecule has 1 fully saturated rings. The van der Waals surface area contributed by atoms with E-state index in [9.17, 15) is 13.2 Å². The molecule has 1 aliphatic heterocycles. The van der Waals surface area contributed by atoms with Crippen molar-refractivity contribution in [3.63, 3.8) is 0 Å². The maximum atomic E-state index is 12.4. The zero-order chi connectivity index (χ0) is 26.0. The fraction of sp³-hybridized carbons (Fsp3) is 0.360. The quantitative estimate of drug-likeness (QED) is 0.378. The molecule has 1 saturated heterocycles. The van der Waals surface area contributed by atoms with Gasteiger partial charge in [-0.15, -0.1) is 13.2 Å². The van der Waals surface area contributed by atoms with Crippen molar-refractivity contribution in [3.8, 4) is 28.7 Å². The second kappa shape index (κ2) is 10.2. The molecule has 4 aromatic rings. The second-order valence-electron chi connectivity index (χ2n) is 9.10. The number of rotatable bonds is 7. The van der Waals surface area contributed by atoms with Gasteiger partial charge in [0.1, 0.15) is 11.6 Å². The van der Waals surface area contributed by atoms with E-state index in [-0.39, 0.29) is 17.5 Å². The molecule has 1 aliphatic rings. The van der Waals surface area contributed by atoms with Crippen LogP contribution in [0.15, 0.2) is 53.2 Å². The van der Waals surface area contributed by atoms with Gasteiger partial charge in [-0.05, 0) is 81.9 Å². The summed E-state index contributed by atoms with van der Waals surface area (Å²) in [5.41, 5.74) is 2.89. The van der Waals surface area contributed by atoms with Crippen LogP contribution >= 0.6 is 0 Å². The molecule has 1 aromatic carbocycles. The lowest BCUT2D eigenvalue weighted by Gasteiger charge is -2.29. The number of aryl methyl sites for hydroxylation is 1. The van der Waals surface area contributed by atoms with Crippen LogP contribution in [0, 0.1) is 6.92 Å². The lowest BCUT2D eigenvalue weighted by Crippen LogP contribution is -2.36. The van der Waals surface area contributed by atoms with Gasteiger partial charge in [-0.25, -0.2) is 4.98 Å². The number of nitrogens with one attached hydrogen (secondary N) is 1. The number of anilines is 1. The summed E-state index contributed by atoms with van der Waals surface area (Å²) in [4.78, 5) is 11.2. The average molecular weight is 514 g/mol. The molecule has 0 atom stereocenters. The van der Waals surface area contributed by atoms with Gasteiger partial charge in [0, 0.05) is 23.5 Å². The van der Waals surface area contributed by atoms with Gasteiger partial charge >= 0.3 is 6.36 Å². The van der Waals surface area contributed by atoms with Gasteiger partial charge in [0.05, 0.1) is 6.54 Å². The highest BCUT2D eigenvalue weighted by molar-refractivity contribution is 5.59. The molecule has 5 rings (SSSR count). The third-order valence-corrected chi connectivity index (χ3v) is 6.20. The number of ether oxygens (including phenoxy) is 1. The van der Waals surface area contributed by atoms with Gasteiger partial charge in [0.2, 0.25) is 5.82 Å². The number of alkyl halides is 3. The van der Waals surface area contributed by atoms with Gasteiger partial charge in [-0.3, -0.25) is 4.68 Å². The number of pyridine rings is 1. The Hall–Kier alpha value is -3.93. The summed E-state index contributed by atoms with van der Waals surface area (Å²) in [6.07, 6.45) is -0.706. The molecule has 4 heterocycles. The van der Waals surface area contributed by atoms with Gasteiger partial charge in [0.15, 0.2) is 5.69 Å². The molecule has 1 N–H and O–H groups in total. The highest BCUT2D eigenvalue weighted by atomic mass is 19.4. The van der Waals surface area contributed by atoms with Crippen molar-refractivity contribution in [2.75, 3.05) is 25.5 Å². The normalized spacial score (nSPS) is 15.2. The summed E-state index contributed by atoms with van der Waals surface area (Å²) in [6, 6.07) is 11.5. The molecule has 0 aliphatic carbocycles. The minimum atomic E-state index is -4.75. The van der Waals surface area contributed by atoms with E-state index in [2.05, 4.69) is 42.2 Å². The Kier molecular flexibility index (Phi) is 6.83. The molecule has 0 spiro atoms. The van der Waals surface area contributed by atoms with Gasteiger partial charge in [0.25, 0.3) is 5.89 Å². The minimum absolute atomic E-state index is 0.211. The first-order valence-electron chi connectivity index (χ1n) is 11.9. The van der Waals surface area contributed by atoms with Crippen LogP contribution in [0.1, 0.15) is 24.1 Å². The van der Waals surface area contributed by atoms with Crippen molar-refractivity contribution in [1.29, 1.82) is 0 Å². The minimum Gasteiger partial charge on any atom is -0.406 e. The van der Waals surface area contributed by atoms with Crippen molar-refractivity contribution < 1.29 is 22.4 Å². The molecule has 3 aromatic heterocycles. The van der Waals surface area contributed by atoms with Crippen LogP contribution in [-0.4, -0.2) is 62.3 Å². The highest BCUT2D eigenvalue weighted by Gasteiger charge is 2.31. The number of aromatic nitrogens is 5. The first kappa shape index (κ1) is 24.8. The van der Waals surface area contributed by atoms with E-state index < -0.39 is 6.36 Å². The fourth-order valence-electron chi connectivity index (χ4n) is 4.16. The molecule has 0 amide bonds. The molecule has 12 heteroatoms. The second-order valence-corrected chi connectivity index (χ2v) is 9.10. The van der Waals surface area contributed by atoms with Crippen molar-refractivity contribution >= 4 is 5.82 Å². The summed E-state index contributed by atoms with van der Waals surface area (Å²) in [6.45, 7) is 4.62. The molecule has 9 nitrogen and oxygen atoms in total. The monoisotopic (exact) mass is 513 g/mol. The van der Waals surface area contributed by atoms with E-state index >= 15 is 0 Å².